The number of β-amino-alcohol motifs (C(OH)–C–C–N with tert-alkyl or cyclic N) is 1. The predicted molar refractivity (Wildman–Crippen MR) is 90.6 cm³/mol. The van der Waals surface area contributed by atoms with E-state index in [4.69, 9.17) is 4.74 Å². The fourth-order valence-corrected chi connectivity index (χ4v) is 2.92. The summed E-state index contributed by atoms with van der Waals surface area (Å²) in [4.78, 5) is 14.3. The van der Waals surface area contributed by atoms with E-state index in [1.165, 1.54) is 12.8 Å². The largest absolute Gasteiger partial charge is 0.496 e. The molecule has 1 aliphatic rings. The lowest BCUT2D eigenvalue weighted by molar-refractivity contribution is -0.121. The maximum atomic E-state index is 12.0. The average molecular weight is 320 g/mol. The van der Waals surface area contributed by atoms with Crippen LogP contribution in [0.25, 0.3) is 0 Å². The molecular weight excluding hydrogens is 292 g/mol. The van der Waals surface area contributed by atoms with Gasteiger partial charge in [-0.05, 0) is 37.9 Å². The third kappa shape index (κ3) is 5.84. The number of benzene rings is 1. The van der Waals surface area contributed by atoms with Gasteiger partial charge in [-0.15, -0.1) is 0 Å². The van der Waals surface area contributed by atoms with Crippen molar-refractivity contribution >= 4 is 5.91 Å². The fraction of sp³-hybridized carbons (Fsp3) is 0.611. The van der Waals surface area contributed by atoms with Gasteiger partial charge in [0.05, 0.1) is 19.6 Å². The van der Waals surface area contributed by atoms with Gasteiger partial charge in [0.15, 0.2) is 0 Å². The standard InChI is InChI=1S/C18H28N2O3/c1-14-7-9-20(10-8-14)13-16(21)12-19-18(22)11-15-5-3-4-6-17(15)23-2/h3-6,14,16,21H,7-13H2,1-2H3,(H,19,22). The summed E-state index contributed by atoms with van der Waals surface area (Å²) in [5.74, 6) is 1.40. The summed E-state index contributed by atoms with van der Waals surface area (Å²) in [5.41, 5.74) is 0.854. The molecule has 23 heavy (non-hydrogen) atoms. The molecule has 1 unspecified atom stereocenters. The number of ether oxygens (including phenoxy) is 1. The minimum atomic E-state index is -0.523. The zero-order chi connectivity index (χ0) is 16.7. The Balaban J connectivity index is 1.71. The molecule has 0 spiro atoms. The number of methoxy groups -OCH3 is 1. The molecule has 5 nitrogen and oxygen atoms in total. The zero-order valence-corrected chi connectivity index (χ0v) is 14.1. The molecule has 128 valence electrons. The van der Waals surface area contributed by atoms with Gasteiger partial charge in [0.25, 0.3) is 0 Å². The highest BCUT2D eigenvalue weighted by molar-refractivity contribution is 5.79. The summed E-state index contributed by atoms with van der Waals surface area (Å²) in [6.45, 7) is 5.26. The third-order valence-corrected chi connectivity index (χ3v) is 4.42. The molecule has 5 heteroatoms. The molecule has 1 fully saturated rings. The van der Waals surface area contributed by atoms with Crippen molar-refractivity contribution in [2.75, 3.05) is 33.3 Å². The van der Waals surface area contributed by atoms with Crippen LogP contribution >= 0.6 is 0 Å². The minimum Gasteiger partial charge on any atom is -0.496 e. The molecule has 2 N–H and O–H groups in total. The van der Waals surface area contributed by atoms with Crippen LogP contribution in [0.1, 0.15) is 25.3 Å². The van der Waals surface area contributed by atoms with Crippen molar-refractivity contribution in [3.8, 4) is 5.75 Å². The van der Waals surface area contributed by atoms with Crippen molar-refractivity contribution in [1.29, 1.82) is 0 Å². The number of hydrogen-bond donors (Lipinski definition) is 2. The Morgan fingerprint density at radius 3 is 2.78 bits per heavy atom. The first-order chi connectivity index (χ1) is 11.1. The van der Waals surface area contributed by atoms with Crippen LogP contribution in [0.15, 0.2) is 24.3 Å². The van der Waals surface area contributed by atoms with Crippen LogP contribution in [0, 0.1) is 5.92 Å². The van der Waals surface area contributed by atoms with Gasteiger partial charge in [0.2, 0.25) is 5.91 Å². The molecule has 0 radical (unpaired) electrons. The maximum Gasteiger partial charge on any atom is 0.224 e. The van der Waals surface area contributed by atoms with Gasteiger partial charge in [-0.2, -0.15) is 0 Å². The highest BCUT2D eigenvalue weighted by Gasteiger charge is 2.18. The van der Waals surface area contributed by atoms with Crippen molar-refractivity contribution < 1.29 is 14.6 Å². The van der Waals surface area contributed by atoms with Crippen molar-refractivity contribution in [2.24, 2.45) is 5.92 Å². The molecule has 0 bridgehead atoms. The van der Waals surface area contributed by atoms with E-state index < -0.39 is 6.10 Å². The van der Waals surface area contributed by atoms with Crippen LogP contribution in [0.4, 0.5) is 0 Å². The van der Waals surface area contributed by atoms with Crippen LogP contribution in [-0.4, -0.2) is 55.3 Å². The van der Waals surface area contributed by atoms with Gasteiger partial charge >= 0.3 is 0 Å². The Morgan fingerprint density at radius 2 is 2.09 bits per heavy atom. The van der Waals surface area contributed by atoms with Gasteiger partial charge in [0.1, 0.15) is 5.75 Å². The Hall–Kier alpha value is -1.59. The second-order valence-corrected chi connectivity index (χ2v) is 6.43. The average Bonchev–Trinajstić information content (AvgIpc) is 2.55. The highest BCUT2D eigenvalue weighted by Crippen LogP contribution is 2.18. The summed E-state index contributed by atoms with van der Waals surface area (Å²) in [5, 5.41) is 12.9. The first kappa shape index (κ1) is 17.8. The van der Waals surface area contributed by atoms with E-state index in [2.05, 4.69) is 17.1 Å². The molecule has 1 atom stereocenters. The Morgan fingerprint density at radius 1 is 1.39 bits per heavy atom. The molecule has 1 amide bonds. The maximum absolute atomic E-state index is 12.0. The molecular formula is C18H28N2O3. The summed E-state index contributed by atoms with van der Waals surface area (Å²) >= 11 is 0. The number of rotatable bonds is 7. The monoisotopic (exact) mass is 320 g/mol. The molecule has 0 aromatic heterocycles. The topological polar surface area (TPSA) is 61.8 Å². The Labute approximate surface area is 138 Å². The van der Waals surface area contributed by atoms with Crippen molar-refractivity contribution in [1.82, 2.24) is 10.2 Å². The lowest BCUT2D eigenvalue weighted by atomic mass is 9.99. The Bertz CT molecular complexity index is 499. The van der Waals surface area contributed by atoms with E-state index in [0.717, 1.165) is 24.6 Å². The molecule has 1 aromatic carbocycles. The van der Waals surface area contributed by atoms with Crippen LogP contribution in [0.2, 0.25) is 0 Å². The first-order valence-corrected chi connectivity index (χ1v) is 8.37. The summed E-state index contributed by atoms with van der Waals surface area (Å²) < 4.78 is 5.24. The first-order valence-electron chi connectivity index (χ1n) is 8.37. The van der Waals surface area contributed by atoms with E-state index >= 15 is 0 Å². The smallest absolute Gasteiger partial charge is 0.224 e. The number of carbonyl (C=O) groups excluding carboxylic acids is 1. The molecule has 0 saturated carbocycles. The molecule has 1 aliphatic heterocycles. The fourth-order valence-electron chi connectivity index (χ4n) is 2.92. The minimum absolute atomic E-state index is 0.0965. The summed E-state index contributed by atoms with van der Waals surface area (Å²) in [6.07, 6.45) is 2.11. The van der Waals surface area contributed by atoms with Crippen LogP contribution in [0.5, 0.6) is 5.75 Å². The van der Waals surface area contributed by atoms with Crippen molar-refractivity contribution in [2.45, 2.75) is 32.3 Å². The quantitative estimate of drug-likeness (QED) is 0.798. The molecule has 2 rings (SSSR count). The number of amides is 1. The Kier molecular flexibility index (Phi) is 6.86. The number of likely N-dealkylation sites (tertiary alicyclic amines) is 1. The normalized spacial score (nSPS) is 17.7. The van der Waals surface area contributed by atoms with E-state index in [1.54, 1.807) is 7.11 Å². The van der Waals surface area contributed by atoms with Gasteiger partial charge < -0.3 is 20.1 Å². The van der Waals surface area contributed by atoms with Crippen LogP contribution in [-0.2, 0) is 11.2 Å². The van der Waals surface area contributed by atoms with Crippen molar-refractivity contribution in [3.05, 3.63) is 29.8 Å². The SMILES string of the molecule is COc1ccccc1CC(=O)NCC(O)CN1CCC(C)CC1. The molecule has 1 saturated heterocycles. The number of carbonyl (C=O) groups is 1. The van der Waals surface area contributed by atoms with E-state index in [9.17, 15) is 9.90 Å². The molecule has 1 heterocycles. The van der Waals surface area contributed by atoms with Gasteiger partial charge in [-0.3, -0.25) is 4.79 Å². The van der Waals surface area contributed by atoms with Gasteiger partial charge in [0, 0.05) is 18.7 Å². The predicted octanol–water partition coefficient (Wildman–Crippen LogP) is 1.45. The van der Waals surface area contributed by atoms with Crippen LogP contribution in [0.3, 0.4) is 0 Å². The van der Waals surface area contributed by atoms with E-state index in [-0.39, 0.29) is 12.3 Å². The summed E-state index contributed by atoms with van der Waals surface area (Å²) in [6, 6.07) is 7.49. The molecule has 1 aromatic rings. The highest BCUT2D eigenvalue weighted by atomic mass is 16.5. The number of nitrogens with one attached hydrogen (secondary N) is 1. The van der Waals surface area contributed by atoms with Crippen molar-refractivity contribution in [3.63, 3.8) is 0 Å². The second-order valence-electron chi connectivity index (χ2n) is 6.43. The number of nitrogens with zero attached hydrogens (tertiary/aromatic N) is 1. The van der Waals surface area contributed by atoms with E-state index in [0.29, 0.717) is 18.8 Å². The lowest BCUT2D eigenvalue weighted by Crippen LogP contribution is -2.43. The number of piperidine rings is 1. The van der Waals surface area contributed by atoms with Gasteiger partial charge in [-0.1, -0.05) is 25.1 Å². The summed E-state index contributed by atoms with van der Waals surface area (Å²) in [7, 11) is 1.60. The second kappa shape index (κ2) is 8.89. The number of aliphatic hydroxyl groups excluding tert-OH is 1. The number of hydrogen-bond acceptors (Lipinski definition) is 4. The zero-order valence-electron chi connectivity index (χ0n) is 14.1. The van der Waals surface area contributed by atoms with Gasteiger partial charge in [-0.25, -0.2) is 0 Å². The number of para-hydroxylation sites is 1. The van der Waals surface area contributed by atoms with Crippen LogP contribution < -0.4 is 10.1 Å². The number of aliphatic hydroxyl groups is 1. The van der Waals surface area contributed by atoms with E-state index in [1.807, 2.05) is 24.3 Å². The third-order valence-electron chi connectivity index (χ3n) is 4.42. The lowest BCUT2D eigenvalue weighted by Gasteiger charge is -2.31. The molecule has 0 aliphatic carbocycles.